The Morgan fingerprint density at radius 3 is 2.24 bits per heavy atom. The van der Waals surface area contributed by atoms with Crippen LogP contribution in [-0.4, -0.2) is 28.8 Å². The molecule has 4 nitrogen and oxygen atoms in total. The van der Waals surface area contributed by atoms with Crippen LogP contribution in [-0.2, 0) is 35.4 Å². The topological polar surface area (TPSA) is 49.4 Å². The summed E-state index contributed by atoms with van der Waals surface area (Å²) >= 11 is 3.56. The van der Waals surface area contributed by atoms with Gasteiger partial charge in [-0.1, -0.05) is 109 Å². The zero-order valence-corrected chi connectivity index (χ0v) is 24.0. The number of amides is 2. The number of nitrogens with one attached hydrogen (secondary N) is 1. The third-order valence-electron chi connectivity index (χ3n) is 7.52. The Balaban J connectivity index is 1.59. The molecule has 200 valence electrons. The third kappa shape index (κ3) is 8.29. The number of rotatable bonds is 11. The molecule has 0 bridgehead atoms. The first-order chi connectivity index (χ1) is 18.5. The summed E-state index contributed by atoms with van der Waals surface area (Å²) in [5, 5.41) is 3.32. The molecule has 0 unspecified atom stereocenters. The minimum Gasteiger partial charge on any atom is -0.352 e. The fraction of sp³-hybridized carbons (Fsp3) is 0.394. The van der Waals surface area contributed by atoms with E-state index >= 15 is 0 Å². The van der Waals surface area contributed by atoms with Crippen LogP contribution in [0.4, 0.5) is 0 Å². The Bertz CT molecular complexity index is 1170. The maximum atomic E-state index is 13.9. The number of benzene rings is 3. The highest BCUT2D eigenvalue weighted by molar-refractivity contribution is 9.10. The van der Waals surface area contributed by atoms with Crippen molar-refractivity contribution in [1.29, 1.82) is 0 Å². The van der Waals surface area contributed by atoms with Crippen LogP contribution >= 0.6 is 15.9 Å². The van der Waals surface area contributed by atoms with Crippen LogP contribution < -0.4 is 5.32 Å². The summed E-state index contributed by atoms with van der Waals surface area (Å²) in [4.78, 5) is 29.6. The van der Waals surface area contributed by atoms with E-state index in [4.69, 9.17) is 0 Å². The van der Waals surface area contributed by atoms with E-state index in [0.29, 0.717) is 25.8 Å². The lowest BCUT2D eigenvalue weighted by molar-refractivity contribution is -0.141. The molecule has 1 fully saturated rings. The maximum Gasteiger partial charge on any atom is 0.243 e. The molecular formula is C33H39BrN2O2. The second kappa shape index (κ2) is 14.3. The van der Waals surface area contributed by atoms with Crippen molar-refractivity contribution in [2.75, 3.05) is 0 Å². The van der Waals surface area contributed by atoms with Gasteiger partial charge in [-0.25, -0.2) is 0 Å². The van der Waals surface area contributed by atoms with Crippen molar-refractivity contribution in [2.24, 2.45) is 0 Å². The van der Waals surface area contributed by atoms with E-state index in [1.54, 1.807) is 0 Å². The van der Waals surface area contributed by atoms with Crippen molar-refractivity contribution in [3.63, 3.8) is 0 Å². The van der Waals surface area contributed by atoms with Gasteiger partial charge in [0.15, 0.2) is 0 Å². The molecule has 4 rings (SSSR count). The minimum atomic E-state index is -0.576. The highest BCUT2D eigenvalue weighted by atomic mass is 79.9. The summed E-state index contributed by atoms with van der Waals surface area (Å²) in [6.07, 6.45) is 8.04. The molecule has 0 spiro atoms. The van der Waals surface area contributed by atoms with Crippen LogP contribution in [0.5, 0.6) is 0 Å². The van der Waals surface area contributed by atoms with Gasteiger partial charge in [0, 0.05) is 29.9 Å². The van der Waals surface area contributed by atoms with E-state index in [2.05, 4.69) is 52.4 Å². The molecule has 1 aliphatic carbocycles. The first kappa shape index (κ1) is 28.1. The highest BCUT2D eigenvalue weighted by Crippen LogP contribution is 2.21. The number of hydrogen-bond donors (Lipinski definition) is 1. The Morgan fingerprint density at radius 2 is 1.55 bits per heavy atom. The summed E-state index contributed by atoms with van der Waals surface area (Å²) in [6.45, 7) is 2.53. The van der Waals surface area contributed by atoms with Crippen molar-refractivity contribution in [1.82, 2.24) is 10.2 Å². The normalized spacial score (nSPS) is 14.6. The smallest absolute Gasteiger partial charge is 0.243 e. The fourth-order valence-electron chi connectivity index (χ4n) is 5.27. The summed E-state index contributed by atoms with van der Waals surface area (Å²) in [5.41, 5.74) is 4.49. The number of carbonyl (C=O) groups excluding carboxylic acids is 2. The standard InChI is InChI=1S/C33H39BrN2O2/c1-2-25-16-18-26(19-17-25)20-21-32(37)36(24-28-12-9-13-29(34)22-28)31(23-27-10-5-3-6-11-27)33(38)35-30-14-7-4-8-15-30/h3,5-6,9-13,16-19,22,30-31H,2,4,7-8,14-15,20-21,23-24H2,1H3,(H,35,38)/t31-/m1/s1. The first-order valence-corrected chi connectivity index (χ1v) is 14.8. The summed E-state index contributed by atoms with van der Waals surface area (Å²) in [6, 6.07) is 26.2. The second-order valence-electron chi connectivity index (χ2n) is 10.4. The van der Waals surface area contributed by atoms with E-state index in [-0.39, 0.29) is 17.9 Å². The molecular weight excluding hydrogens is 536 g/mol. The van der Waals surface area contributed by atoms with Crippen LogP contribution in [0, 0.1) is 0 Å². The first-order valence-electron chi connectivity index (χ1n) is 14.0. The number of nitrogens with zero attached hydrogens (tertiary/aromatic N) is 1. The average molecular weight is 576 g/mol. The molecule has 0 aliphatic heterocycles. The molecule has 0 saturated heterocycles. The van der Waals surface area contributed by atoms with Gasteiger partial charge < -0.3 is 10.2 Å². The molecule has 0 heterocycles. The summed E-state index contributed by atoms with van der Waals surface area (Å²) < 4.78 is 0.963. The van der Waals surface area contributed by atoms with Crippen LogP contribution in [0.25, 0.3) is 0 Å². The quantitative estimate of drug-likeness (QED) is 0.267. The van der Waals surface area contributed by atoms with Crippen LogP contribution in [0.2, 0.25) is 0 Å². The SMILES string of the molecule is CCc1ccc(CCC(=O)N(Cc2cccc(Br)c2)[C@H](Cc2ccccc2)C(=O)NC2CCCCC2)cc1. The Kier molecular flexibility index (Phi) is 10.6. The van der Waals surface area contributed by atoms with Crippen LogP contribution in [0.1, 0.15) is 67.7 Å². The van der Waals surface area contributed by atoms with E-state index in [0.717, 1.165) is 53.3 Å². The van der Waals surface area contributed by atoms with E-state index < -0.39 is 6.04 Å². The lowest BCUT2D eigenvalue weighted by Gasteiger charge is -2.33. The molecule has 2 amide bonds. The van der Waals surface area contributed by atoms with Gasteiger partial charge in [-0.05, 0) is 60.1 Å². The van der Waals surface area contributed by atoms with E-state index in [1.807, 2.05) is 59.5 Å². The fourth-order valence-corrected chi connectivity index (χ4v) is 5.71. The van der Waals surface area contributed by atoms with Gasteiger partial charge in [0.25, 0.3) is 0 Å². The lowest BCUT2D eigenvalue weighted by atomic mass is 9.94. The van der Waals surface area contributed by atoms with Crippen LogP contribution in [0.15, 0.2) is 83.3 Å². The lowest BCUT2D eigenvalue weighted by Crippen LogP contribution is -2.52. The van der Waals surface area contributed by atoms with Crippen molar-refractivity contribution in [2.45, 2.75) is 83.3 Å². The molecule has 1 aliphatic rings. The van der Waals surface area contributed by atoms with Gasteiger partial charge in [0.05, 0.1) is 0 Å². The number of aryl methyl sites for hydroxylation is 2. The molecule has 3 aromatic carbocycles. The van der Waals surface area contributed by atoms with Gasteiger partial charge in [0.2, 0.25) is 11.8 Å². The Hall–Kier alpha value is -2.92. The van der Waals surface area contributed by atoms with Gasteiger partial charge in [-0.15, -0.1) is 0 Å². The monoisotopic (exact) mass is 574 g/mol. The Morgan fingerprint density at radius 1 is 0.868 bits per heavy atom. The predicted octanol–water partition coefficient (Wildman–Crippen LogP) is 7.03. The molecule has 1 saturated carbocycles. The van der Waals surface area contributed by atoms with Gasteiger partial charge in [-0.3, -0.25) is 9.59 Å². The van der Waals surface area contributed by atoms with Gasteiger partial charge in [0.1, 0.15) is 6.04 Å². The molecule has 38 heavy (non-hydrogen) atoms. The Labute approximate surface area is 236 Å². The molecule has 0 radical (unpaired) electrons. The molecule has 3 aromatic rings. The van der Waals surface area contributed by atoms with Crippen molar-refractivity contribution in [3.05, 3.63) is 106 Å². The maximum absolute atomic E-state index is 13.9. The highest BCUT2D eigenvalue weighted by Gasteiger charge is 2.31. The van der Waals surface area contributed by atoms with E-state index in [9.17, 15) is 9.59 Å². The van der Waals surface area contributed by atoms with Crippen LogP contribution in [0.3, 0.4) is 0 Å². The minimum absolute atomic E-state index is 0.00395. The number of carbonyl (C=O) groups is 2. The average Bonchev–Trinajstić information content (AvgIpc) is 2.95. The second-order valence-corrected chi connectivity index (χ2v) is 11.3. The number of hydrogen-bond acceptors (Lipinski definition) is 2. The molecule has 0 aromatic heterocycles. The van der Waals surface area contributed by atoms with Crippen molar-refractivity contribution in [3.8, 4) is 0 Å². The summed E-state index contributed by atoms with van der Waals surface area (Å²) in [5.74, 6) is -0.0410. The number of halogens is 1. The van der Waals surface area contributed by atoms with E-state index in [1.165, 1.54) is 12.0 Å². The predicted molar refractivity (Wildman–Crippen MR) is 158 cm³/mol. The zero-order chi connectivity index (χ0) is 26.7. The van der Waals surface area contributed by atoms with Crippen molar-refractivity contribution >= 4 is 27.7 Å². The van der Waals surface area contributed by atoms with Gasteiger partial charge >= 0.3 is 0 Å². The molecule has 1 atom stereocenters. The van der Waals surface area contributed by atoms with Crippen molar-refractivity contribution < 1.29 is 9.59 Å². The third-order valence-corrected chi connectivity index (χ3v) is 8.02. The molecule has 1 N–H and O–H groups in total. The van der Waals surface area contributed by atoms with Gasteiger partial charge in [-0.2, -0.15) is 0 Å². The largest absolute Gasteiger partial charge is 0.352 e. The summed E-state index contributed by atoms with van der Waals surface area (Å²) in [7, 11) is 0. The zero-order valence-electron chi connectivity index (χ0n) is 22.4. The molecule has 5 heteroatoms.